The first kappa shape index (κ1) is 18.2. The number of benzene rings is 1. The van der Waals surface area contributed by atoms with Crippen molar-refractivity contribution in [3.63, 3.8) is 0 Å². The Balaban J connectivity index is 1.56. The first-order valence-corrected chi connectivity index (χ1v) is 9.51. The molecule has 1 fully saturated rings. The first-order valence-electron chi connectivity index (χ1n) is 9.51. The lowest BCUT2D eigenvalue weighted by molar-refractivity contribution is 0.0564. The molecule has 0 aliphatic carbocycles. The predicted molar refractivity (Wildman–Crippen MR) is 105 cm³/mol. The lowest BCUT2D eigenvalue weighted by Crippen LogP contribution is -2.39. The molecule has 3 aromatic rings. The van der Waals surface area contributed by atoms with Crippen molar-refractivity contribution in [2.45, 2.75) is 38.6 Å². The fraction of sp³-hybridized carbons (Fsp3) is 0.333. The van der Waals surface area contributed by atoms with Crippen LogP contribution in [0.2, 0.25) is 0 Å². The quantitative estimate of drug-likeness (QED) is 0.749. The molecule has 7 nitrogen and oxygen atoms in total. The number of oxazole rings is 1. The van der Waals surface area contributed by atoms with Crippen molar-refractivity contribution in [2.75, 3.05) is 12.3 Å². The number of nitrogens with two attached hydrogens (primary N) is 1. The molecule has 1 saturated heterocycles. The Bertz CT molecular complexity index is 950. The van der Waals surface area contributed by atoms with Crippen LogP contribution in [0.1, 0.15) is 58.7 Å². The number of hydrogen-bond acceptors (Lipinski definition) is 6. The van der Waals surface area contributed by atoms with Crippen molar-refractivity contribution in [2.24, 2.45) is 0 Å². The van der Waals surface area contributed by atoms with Crippen LogP contribution in [0, 0.1) is 6.92 Å². The van der Waals surface area contributed by atoms with Crippen LogP contribution in [0.4, 0.5) is 5.95 Å². The highest BCUT2D eigenvalue weighted by Gasteiger charge is 2.32. The van der Waals surface area contributed by atoms with Gasteiger partial charge in [-0.05, 0) is 37.8 Å². The second kappa shape index (κ2) is 7.80. The smallest absolute Gasteiger partial charge is 0.273 e. The maximum atomic E-state index is 13.1. The molecule has 1 aliphatic rings. The molecule has 1 aliphatic heterocycles. The van der Waals surface area contributed by atoms with Gasteiger partial charge in [-0.3, -0.25) is 4.79 Å². The molecule has 2 aromatic heterocycles. The number of amides is 1. The third kappa shape index (κ3) is 3.88. The van der Waals surface area contributed by atoms with E-state index < -0.39 is 0 Å². The molecule has 0 radical (unpaired) electrons. The van der Waals surface area contributed by atoms with Gasteiger partial charge in [0, 0.05) is 18.7 Å². The molecule has 3 heterocycles. The predicted octanol–water partition coefficient (Wildman–Crippen LogP) is 3.31. The number of hydrogen-bond donors (Lipinski definition) is 1. The number of piperidine rings is 1. The monoisotopic (exact) mass is 377 g/mol. The average Bonchev–Trinajstić information content (AvgIpc) is 3.16. The number of aromatic nitrogens is 3. The molecule has 0 saturated carbocycles. The largest absolute Gasteiger partial charge is 0.443 e. The fourth-order valence-electron chi connectivity index (χ4n) is 3.64. The summed E-state index contributed by atoms with van der Waals surface area (Å²) >= 11 is 0. The molecule has 0 unspecified atom stereocenters. The molecule has 0 bridgehead atoms. The van der Waals surface area contributed by atoms with E-state index in [1.807, 2.05) is 18.2 Å². The summed E-state index contributed by atoms with van der Waals surface area (Å²) in [6.45, 7) is 2.44. The molecule has 1 atom stereocenters. The molecular weight excluding hydrogens is 354 g/mol. The van der Waals surface area contributed by atoms with Gasteiger partial charge in [0.25, 0.3) is 5.91 Å². The lowest BCUT2D eigenvalue weighted by atomic mass is 10.0. The Labute approximate surface area is 163 Å². The first-order chi connectivity index (χ1) is 13.6. The Hall–Kier alpha value is -3.22. The van der Waals surface area contributed by atoms with Crippen LogP contribution in [-0.4, -0.2) is 32.3 Å². The maximum Gasteiger partial charge on any atom is 0.273 e. The number of nitrogens with zero attached hydrogens (tertiary/aromatic N) is 4. The van der Waals surface area contributed by atoms with Gasteiger partial charge < -0.3 is 15.1 Å². The molecule has 7 heteroatoms. The highest BCUT2D eigenvalue weighted by molar-refractivity contribution is 5.93. The standard InChI is InChI=1S/C21H23N5O2/c1-14-11-17(25-21(22)24-14)20(27)26-10-6-5-9-18(26)19-23-13-16(28-19)12-15-7-3-2-4-8-15/h2-4,7-8,11,13,18H,5-6,9-10,12H2,1H3,(H2,22,24,25)/t18-/m1/s1. The van der Waals surface area contributed by atoms with Crippen LogP contribution in [-0.2, 0) is 6.42 Å². The van der Waals surface area contributed by atoms with Gasteiger partial charge >= 0.3 is 0 Å². The number of likely N-dealkylation sites (tertiary alicyclic amines) is 1. The van der Waals surface area contributed by atoms with Crippen LogP contribution in [0.3, 0.4) is 0 Å². The molecule has 144 valence electrons. The van der Waals surface area contributed by atoms with E-state index >= 15 is 0 Å². The van der Waals surface area contributed by atoms with Gasteiger partial charge in [0.1, 0.15) is 17.5 Å². The van der Waals surface area contributed by atoms with E-state index in [0.29, 0.717) is 30.2 Å². The van der Waals surface area contributed by atoms with Crippen molar-refractivity contribution < 1.29 is 9.21 Å². The summed E-state index contributed by atoms with van der Waals surface area (Å²) in [4.78, 5) is 27.5. The lowest BCUT2D eigenvalue weighted by Gasteiger charge is -2.33. The van der Waals surface area contributed by atoms with Crippen LogP contribution >= 0.6 is 0 Å². The van der Waals surface area contributed by atoms with Crippen molar-refractivity contribution in [3.8, 4) is 0 Å². The minimum absolute atomic E-state index is 0.109. The van der Waals surface area contributed by atoms with E-state index in [4.69, 9.17) is 10.2 Å². The van der Waals surface area contributed by atoms with Gasteiger partial charge in [-0.2, -0.15) is 0 Å². The second-order valence-electron chi connectivity index (χ2n) is 7.09. The summed E-state index contributed by atoms with van der Waals surface area (Å²) in [7, 11) is 0. The Morgan fingerprint density at radius 3 is 2.86 bits per heavy atom. The van der Waals surface area contributed by atoms with Gasteiger partial charge in [0.05, 0.1) is 6.20 Å². The molecule has 1 aromatic carbocycles. The summed E-state index contributed by atoms with van der Waals surface area (Å²) in [5, 5.41) is 0. The summed E-state index contributed by atoms with van der Waals surface area (Å²) in [5.74, 6) is 1.32. The maximum absolute atomic E-state index is 13.1. The summed E-state index contributed by atoms with van der Waals surface area (Å²) in [6, 6.07) is 11.6. The number of anilines is 1. The van der Waals surface area contributed by atoms with E-state index in [1.165, 1.54) is 0 Å². The summed E-state index contributed by atoms with van der Waals surface area (Å²) in [5.41, 5.74) is 7.87. The van der Waals surface area contributed by atoms with Gasteiger partial charge in [-0.1, -0.05) is 30.3 Å². The van der Waals surface area contributed by atoms with Crippen LogP contribution in [0.5, 0.6) is 0 Å². The van der Waals surface area contributed by atoms with Crippen molar-refractivity contribution in [1.82, 2.24) is 19.9 Å². The minimum Gasteiger partial charge on any atom is -0.443 e. The number of aryl methyl sites for hydroxylation is 1. The summed E-state index contributed by atoms with van der Waals surface area (Å²) < 4.78 is 6.03. The number of rotatable bonds is 4. The van der Waals surface area contributed by atoms with Gasteiger partial charge in [-0.25, -0.2) is 15.0 Å². The van der Waals surface area contributed by atoms with Crippen LogP contribution in [0.15, 0.2) is 47.0 Å². The van der Waals surface area contributed by atoms with Crippen molar-refractivity contribution in [1.29, 1.82) is 0 Å². The molecule has 1 amide bonds. The van der Waals surface area contributed by atoms with Gasteiger partial charge in [0.2, 0.25) is 11.8 Å². The molecular formula is C21H23N5O2. The highest BCUT2D eigenvalue weighted by atomic mass is 16.4. The number of carbonyl (C=O) groups excluding carboxylic acids is 1. The van der Waals surface area contributed by atoms with Crippen molar-refractivity contribution >= 4 is 11.9 Å². The van der Waals surface area contributed by atoms with E-state index in [9.17, 15) is 4.79 Å². The molecule has 4 rings (SSSR count). The average molecular weight is 377 g/mol. The molecule has 2 N–H and O–H groups in total. The third-order valence-corrected chi connectivity index (χ3v) is 4.93. The Kier molecular flexibility index (Phi) is 5.06. The third-order valence-electron chi connectivity index (χ3n) is 4.93. The van der Waals surface area contributed by atoms with E-state index in [-0.39, 0.29) is 17.9 Å². The van der Waals surface area contributed by atoms with E-state index in [2.05, 4.69) is 27.1 Å². The highest BCUT2D eigenvalue weighted by Crippen LogP contribution is 2.32. The van der Waals surface area contributed by atoms with Crippen LogP contribution in [0.25, 0.3) is 0 Å². The van der Waals surface area contributed by atoms with E-state index in [0.717, 1.165) is 30.6 Å². The zero-order chi connectivity index (χ0) is 19.5. The van der Waals surface area contributed by atoms with Crippen LogP contribution < -0.4 is 5.73 Å². The molecule has 0 spiro atoms. The summed E-state index contributed by atoms with van der Waals surface area (Å²) in [6.07, 6.45) is 5.22. The van der Waals surface area contributed by atoms with Gasteiger partial charge in [-0.15, -0.1) is 0 Å². The van der Waals surface area contributed by atoms with Gasteiger partial charge in [0.15, 0.2) is 0 Å². The minimum atomic E-state index is -0.192. The Morgan fingerprint density at radius 1 is 1.25 bits per heavy atom. The number of carbonyl (C=O) groups is 1. The number of nitrogen functional groups attached to an aromatic ring is 1. The Morgan fingerprint density at radius 2 is 2.07 bits per heavy atom. The zero-order valence-corrected chi connectivity index (χ0v) is 15.8. The zero-order valence-electron chi connectivity index (χ0n) is 15.8. The van der Waals surface area contributed by atoms with Crippen molar-refractivity contribution in [3.05, 3.63) is 71.2 Å². The fourth-order valence-corrected chi connectivity index (χ4v) is 3.64. The second-order valence-corrected chi connectivity index (χ2v) is 7.09. The topological polar surface area (TPSA) is 98.1 Å². The molecule has 28 heavy (non-hydrogen) atoms. The SMILES string of the molecule is Cc1cc(C(=O)N2CCCC[C@@H]2c2ncc(Cc3ccccc3)o2)nc(N)n1. The van der Waals surface area contributed by atoms with E-state index in [1.54, 1.807) is 24.1 Å². The normalized spacial score (nSPS) is 16.9.